The lowest BCUT2D eigenvalue weighted by Crippen LogP contribution is -2.34. The number of anilines is 1. The van der Waals surface area contributed by atoms with E-state index in [0.29, 0.717) is 37.6 Å². The molecular formula is C27H28F3N7OS. The van der Waals surface area contributed by atoms with E-state index in [9.17, 15) is 13.2 Å². The van der Waals surface area contributed by atoms with Gasteiger partial charge in [-0.3, -0.25) is 9.88 Å². The zero-order valence-corrected chi connectivity index (χ0v) is 22.2. The Morgan fingerprint density at radius 3 is 2.82 bits per heavy atom. The van der Waals surface area contributed by atoms with Crippen molar-refractivity contribution in [2.75, 3.05) is 25.1 Å². The lowest BCUT2D eigenvalue weighted by molar-refractivity contribution is -0.138. The molecule has 0 saturated carbocycles. The molecule has 0 aliphatic carbocycles. The fourth-order valence-corrected chi connectivity index (χ4v) is 6.11. The van der Waals surface area contributed by atoms with Crippen molar-refractivity contribution in [1.82, 2.24) is 29.6 Å². The summed E-state index contributed by atoms with van der Waals surface area (Å²) in [4.78, 5) is 11.9. The number of ether oxygens (including phenoxy) is 1. The number of nitrogens with zero attached hydrogens (tertiary/aromatic N) is 6. The predicted octanol–water partition coefficient (Wildman–Crippen LogP) is 4.63. The van der Waals surface area contributed by atoms with Crippen molar-refractivity contribution in [2.45, 2.75) is 38.1 Å². The molecule has 0 spiro atoms. The first-order valence-electron chi connectivity index (χ1n) is 12.8. The molecule has 1 aromatic carbocycles. The minimum Gasteiger partial charge on any atom is -0.381 e. The third-order valence-electron chi connectivity index (χ3n) is 7.36. The van der Waals surface area contributed by atoms with E-state index in [0.717, 1.165) is 30.0 Å². The van der Waals surface area contributed by atoms with Crippen LogP contribution in [0.25, 0.3) is 0 Å². The molecule has 6 rings (SSSR count). The maximum absolute atomic E-state index is 14.1. The second-order valence-corrected chi connectivity index (χ2v) is 11.0. The fraction of sp³-hybridized carbons (Fsp3) is 0.407. The van der Waals surface area contributed by atoms with Crippen LogP contribution < -0.4 is 5.32 Å². The molecule has 0 bridgehead atoms. The SMILES string of the molecule is Cn1cnnc1[C@@H](c1cccc(NCc2ncc(CN3CCc4ncsc4C3)cc2C(F)(F)F)c1)C1COC1. The molecular weight excluding hydrogens is 527 g/mol. The van der Waals surface area contributed by atoms with Gasteiger partial charge < -0.3 is 14.6 Å². The topological polar surface area (TPSA) is 81.0 Å². The summed E-state index contributed by atoms with van der Waals surface area (Å²) in [7, 11) is 1.90. The van der Waals surface area contributed by atoms with E-state index in [1.54, 1.807) is 23.9 Å². The smallest absolute Gasteiger partial charge is 0.381 e. The summed E-state index contributed by atoms with van der Waals surface area (Å²) in [5.74, 6) is 1.07. The van der Waals surface area contributed by atoms with Crippen LogP contribution in [0.5, 0.6) is 0 Å². The van der Waals surface area contributed by atoms with Crippen molar-refractivity contribution in [1.29, 1.82) is 0 Å². The monoisotopic (exact) mass is 555 g/mol. The first kappa shape index (κ1) is 25.9. The van der Waals surface area contributed by atoms with E-state index < -0.39 is 11.7 Å². The molecule has 2 aliphatic heterocycles. The Labute approximate surface area is 227 Å². The normalized spacial score (nSPS) is 17.0. The van der Waals surface area contributed by atoms with Crippen LogP contribution in [0, 0.1) is 5.92 Å². The molecule has 1 saturated heterocycles. The molecule has 39 heavy (non-hydrogen) atoms. The van der Waals surface area contributed by atoms with Gasteiger partial charge in [0.2, 0.25) is 0 Å². The van der Waals surface area contributed by atoms with Crippen molar-refractivity contribution in [2.24, 2.45) is 13.0 Å². The van der Waals surface area contributed by atoms with Crippen molar-refractivity contribution >= 4 is 17.0 Å². The van der Waals surface area contributed by atoms with Crippen LogP contribution in [0.15, 0.2) is 48.4 Å². The minimum absolute atomic E-state index is 0.0213. The van der Waals surface area contributed by atoms with Crippen molar-refractivity contribution in [3.05, 3.63) is 87.1 Å². The second kappa shape index (κ2) is 10.7. The van der Waals surface area contributed by atoms with Gasteiger partial charge in [0.05, 0.1) is 48.1 Å². The summed E-state index contributed by atoms with van der Waals surface area (Å²) in [5, 5.41) is 11.5. The number of thiazole rings is 1. The molecule has 0 radical (unpaired) electrons. The van der Waals surface area contributed by atoms with Crippen LogP contribution in [0.1, 0.15) is 44.7 Å². The molecule has 8 nitrogen and oxygen atoms in total. The number of aryl methyl sites for hydroxylation is 1. The number of rotatable bonds is 8. The maximum atomic E-state index is 14.1. The van der Waals surface area contributed by atoms with Gasteiger partial charge in [0.15, 0.2) is 0 Å². The van der Waals surface area contributed by atoms with E-state index >= 15 is 0 Å². The summed E-state index contributed by atoms with van der Waals surface area (Å²) >= 11 is 1.59. The highest BCUT2D eigenvalue weighted by Gasteiger charge is 2.35. The van der Waals surface area contributed by atoms with Gasteiger partial charge in [0.1, 0.15) is 12.2 Å². The van der Waals surface area contributed by atoms with E-state index in [1.807, 2.05) is 41.4 Å². The Kier molecular flexibility index (Phi) is 7.08. The van der Waals surface area contributed by atoms with Gasteiger partial charge in [0.25, 0.3) is 0 Å². The van der Waals surface area contributed by atoms with Crippen LogP contribution in [0.2, 0.25) is 0 Å². The van der Waals surface area contributed by atoms with Crippen LogP contribution in [0.3, 0.4) is 0 Å². The summed E-state index contributed by atoms with van der Waals surface area (Å²) in [6.07, 6.45) is -0.467. The van der Waals surface area contributed by atoms with E-state index in [-0.39, 0.29) is 24.1 Å². The highest BCUT2D eigenvalue weighted by molar-refractivity contribution is 7.09. The third kappa shape index (κ3) is 5.54. The Morgan fingerprint density at radius 2 is 2.08 bits per heavy atom. The molecule has 3 aromatic heterocycles. The molecule has 12 heteroatoms. The zero-order chi connectivity index (χ0) is 27.0. The van der Waals surface area contributed by atoms with Crippen molar-refractivity contribution < 1.29 is 17.9 Å². The average molecular weight is 556 g/mol. The van der Waals surface area contributed by atoms with Crippen molar-refractivity contribution in [3.8, 4) is 0 Å². The highest BCUT2D eigenvalue weighted by atomic mass is 32.1. The number of nitrogens with one attached hydrogen (secondary N) is 1. The quantitative estimate of drug-likeness (QED) is 0.340. The number of aromatic nitrogens is 5. The molecule has 5 heterocycles. The van der Waals surface area contributed by atoms with Gasteiger partial charge in [-0.2, -0.15) is 13.2 Å². The number of benzene rings is 1. The van der Waals surface area contributed by atoms with Gasteiger partial charge in [-0.05, 0) is 29.3 Å². The Hall–Kier alpha value is -3.35. The average Bonchev–Trinajstić information content (AvgIpc) is 3.53. The lowest BCUT2D eigenvalue weighted by atomic mass is 9.84. The number of hydrogen-bond acceptors (Lipinski definition) is 8. The fourth-order valence-electron chi connectivity index (χ4n) is 5.25. The van der Waals surface area contributed by atoms with Crippen molar-refractivity contribution in [3.63, 3.8) is 0 Å². The van der Waals surface area contributed by atoms with Gasteiger partial charge in [0, 0.05) is 55.8 Å². The third-order valence-corrected chi connectivity index (χ3v) is 8.22. The Bertz CT molecular complexity index is 1450. The van der Waals surface area contributed by atoms with Gasteiger partial charge in [-0.25, -0.2) is 4.98 Å². The van der Waals surface area contributed by atoms with E-state index in [1.165, 1.54) is 10.9 Å². The maximum Gasteiger partial charge on any atom is 0.418 e. The number of pyridine rings is 1. The van der Waals surface area contributed by atoms with Crippen LogP contribution in [-0.2, 0) is 44.0 Å². The van der Waals surface area contributed by atoms with Crippen LogP contribution in [-0.4, -0.2) is 49.4 Å². The van der Waals surface area contributed by atoms with Crippen LogP contribution in [0.4, 0.5) is 18.9 Å². The zero-order valence-electron chi connectivity index (χ0n) is 21.4. The molecule has 1 atom stereocenters. The highest BCUT2D eigenvalue weighted by Crippen LogP contribution is 2.36. The largest absolute Gasteiger partial charge is 0.418 e. The lowest BCUT2D eigenvalue weighted by Gasteiger charge is -2.33. The minimum atomic E-state index is -4.50. The number of hydrogen-bond donors (Lipinski definition) is 1. The van der Waals surface area contributed by atoms with E-state index in [2.05, 4.69) is 30.4 Å². The Morgan fingerprint density at radius 1 is 1.21 bits per heavy atom. The second-order valence-electron chi connectivity index (χ2n) is 10.1. The molecule has 2 aliphatic rings. The number of fused-ring (bicyclic) bond motifs is 1. The van der Waals surface area contributed by atoms with E-state index in [4.69, 9.17) is 4.74 Å². The molecule has 0 unspecified atom stereocenters. The standard InChI is InChI=1S/C27H28F3N7OS/c1-36-15-34-35-26(36)25(19-13-38-14-19)18-3-2-4-20(8-18)31-10-23-21(27(28,29)30)7-17(9-32-23)11-37-6-5-22-24(12-37)39-16-33-22/h2-4,7-9,15-16,19,25,31H,5-6,10-14H2,1H3/t25-/m0/s1. The Balaban J connectivity index is 1.19. The molecule has 0 amide bonds. The summed E-state index contributed by atoms with van der Waals surface area (Å²) in [5.41, 5.74) is 4.46. The summed E-state index contributed by atoms with van der Waals surface area (Å²) in [6, 6.07) is 8.95. The first-order chi connectivity index (χ1) is 18.8. The van der Waals surface area contributed by atoms with Gasteiger partial charge in [-0.1, -0.05) is 12.1 Å². The molecule has 4 aromatic rings. The first-order valence-corrected chi connectivity index (χ1v) is 13.7. The van der Waals surface area contributed by atoms with Crippen LogP contribution >= 0.6 is 11.3 Å². The summed E-state index contributed by atoms with van der Waals surface area (Å²) in [6.45, 7) is 3.08. The number of alkyl halides is 3. The molecule has 1 fully saturated rings. The molecule has 1 N–H and O–H groups in total. The molecule has 204 valence electrons. The van der Waals surface area contributed by atoms with Gasteiger partial charge in [-0.15, -0.1) is 21.5 Å². The number of halogens is 3. The van der Waals surface area contributed by atoms with Gasteiger partial charge >= 0.3 is 6.18 Å². The summed E-state index contributed by atoms with van der Waals surface area (Å²) < 4.78 is 49.5. The predicted molar refractivity (Wildman–Crippen MR) is 140 cm³/mol.